The van der Waals surface area contributed by atoms with Gasteiger partial charge in [0.05, 0.1) is 18.8 Å². The summed E-state index contributed by atoms with van der Waals surface area (Å²) in [6.45, 7) is 2.82. The molecule has 0 radical (unpaired) electrons. The predicted octanol–water partition coefficient (Wildman–Crippen LogP) is 2.65. The fraction of sp³-hybridized carbons (Fsp3) is 0.846. The minimum Gasteiger partial charge on any atom is -0.373 e. The van der Waals surface area contributed by atoms with Crippen LogP contribution >= 0.6 is 0 Å². The third-order valence-electron chi connectivity index (χ3n) is 3.54. The molecule has 2 aliphatic rings. The zero-order valence-corrected chi connectivity index (χ0v) is 10.3. The summed E-state index contributed by atoms with van der Waals surface area (Å²) in [5, 5.41) is 0. The van der Waals surface area contributed by atoms with E-state index in [9.17, 15) is 0 Å². The lowest BCUT2D eigenvalue weighted by Gasteiger charge is -2.27. The first-order valence-electron chi connectivity index (χ1n) is 6.30. The standard InChI is InChI=1S/C13H22O3/c1-3-11-6-7-12(16-11)10-15-13(14-2)8-4-5-9-13/h4,8,11-12H,3,5-7,9-10H2,1-2H3. The smallest absolute Gasteiger partial charge is 0.187 e. The van der Waals surface area contributed by atoms with Crippen LogP contribution in [0.1, 0.15) is 39.0 Å². The topological polar surface area (TPSA) is 27.7 Å². The molecule has 0 bridgehead atoms. The molecule has 0 spiro atoms. The van der Waals surface area contributed by atoms with Crippen LogP contribution in [0, 0.1) is 0 Å². The molecule has 3 heteroatoms. The average Bonchev–Trinajstić information content (AvgIpc) is 2.96. The molecule has 0 amide bonds. The molecule has 3 atom stereocenters. The Labute approximate surface area is 97.8 Å². The van der Waals surface area contributed by atoms with Crippen LogP contribution in [-0.2, 0) is 14.2 Å². The van der Waals surface area contributed by atoms with Gasteiger partial charge < -0.3 is 14.2 Å². The number of methoxy groups -OCH3 is 1. The van der Waals surface area contributed by atoms with Crippen LogP contribution in [0.25, 0.3) is 0 Å². The van der Waals surface area contributed by atoms with E-state index in [0.717, 1.165) is 25.7 Å². The maximum absolute atomic E-state index is 5.88. The lowest BCUT2D eigenvalue weighted by Crippen LogP contribution is -2.33. The first-order valence-corrected chi connectivity index (χ1v) is 6.30. The van der Waals surface area contributed by atoms with Gasteiger partial charge in [-0.2, -0.15) is 0 Å². The maximum atomic E-state index is 5.88. The Morgan fingerprint density at radius 3 is 2.75 bits per heavy atom. The van der Waals surface area contributed by atoms with Crippen molar-refractivity contribution >= 4 is 0 Å². The van der Waals surface area contributed by atoms with Gasteiger partial charge >= 0.3 is 0 Å². The fourth-order valence-corrected chi connectivity index (χ4v) is 2.42. The van der Waals surface area contributed by atoms with Crippen LogP contribution in [0.5, 0.6) is 0 Å². The minimum absolute atomic E-state index is 0.256. The Kier molecular flexibility index (Phi) is 4.00. The third kappa shape index (κ3) is 2.65. The quantitative estimate of drug-likeness (QED) is 0.533. The summed E-state index contributed by atoms with van der Waals surface area (Å²) >= 11 is 0. The molecule has 0 aromatic rings. The number of ether oxygens (including phenoxy) is 3. The van der Waals surface area contributed by atoms with Crippen molar-refractivity contribution in [3.05, 3.63) is 12.2 Å². The zero-order valence-electron chi connectivity index (χ0n) is 10.3. The highest BCUT2D eigenvalue weighted by Crippen LogP contribution is 2.29. The van der Waals surface area contributed by atoms with E-state index in [1.807, 2.05) is 6.08 Å². The normalized spacial score (nSPS) is 38.4. The van der Waals surface area contributed by atoms with Crippen LogP contribution < -0.4 is 0 Å². The van der Waals surface area contributed by atoms with Crippen LogP contribution in [0.15, 0.2) is 12.2 Å². The Morgan fingerprint density at radius 1 is 1.38 bits per heavy atom. The van der Waals surface area contributed by atoms with Crippen LogP contribution in [0.3, 0.4) is 0 Å². The second kappa shape index (κ2) is 5.30. The number of rotatable bonds is 5. The van der Waals surface area contributed by atoms with Crippen LogP contribution in [-0.4, -0.2) is 31.7 Å². The van der Waals surface area contributed by atoms with E-state index in [1.165, 1.54) is 6.42 Å². The second-order valence-corrected chi connectivity index (χ2v) is 4.63. The third-order valence-corrected chi connectivity index (χ3v) is 3.54. The Balaban J connectivity index is 1.77. The largest absolute Gasteiger partial charge is 0.373 e. The average molecular weight is 226 g/mol. The van der Waals surface area contributed by atoms with Crippen LogP contribution in [0.4, 0.5) is 0 Å². The highest BCUT2D eigenvalue weighted by molar-refractivity contribution is 5.04. The van der Waals surface area contributed by atoms with Gasteiger partial charge in [-0.15, -0.1) is 0 Å². The van der Waals surface area contributed by atoms with Crippen molar-refractivity contribution in [3.8, 4) is 0 Å². The van der Waals surface area contributed by atoms with Crippen LogP contribution in [0.2, 0.25) is 0 Å². The molecule has 1 saturated heterocycles. The molecule has 16 heavy (non-hydrogen) atoms. The number of allylic oxidation sites excluding steroid dienone is 1. The number of hydrogen-bond acceptors (Lipinski definition) is 3. The SMILES string of the molecule is CCC1CCC(COC2(OC)C=CCC2)O1. The van der Waals surface area contributed by atoms with E-state index < -0.39 is 5.79 Å². The minimum atomic E-state index is -0.479. The summed E-state index contributed by atoms with van der Waals surface area (Å²) in [7, 11) is 1.71. The molecule has 92 valence electrons. The van der Waals surface area contributed by atoms with Gasteiger partial charge in [0.1, 0.15) is 0 Å². The summed E-state index contributed by atoms with van der Waals surface area (Å²) < 4.78 is 17.2. The Bertz CT molecular complexity index is 252. The molecule has 1 heterocycles. The summed E-state index contributed by atoms with van der Waals surface area (Å²) in [6.07, 6.45) is 10.2. The van der Waals surface area contributed by atoms with Gasteiger partial charge in [-0.05, 0) is 31.8 Å². The van der Waals surface area contributed by atoms with E-state index in [4.69, 9.17) is 14.2 Å². The van der Waals surface area contributed by atoms with Gasteiger partial charge in [-0.3, -0.25) is 0 Å². The highest BCUT2D eigenvalue weighted by Gasteiger charge is 2.33. The van der Waals surface area contributed by atoms with Crippen molar-refractivity contribution in [1.82, 2.24) is 0 Å². The first-order chi connectivity index (χ1) is 7.78. The molecule has 0 saturated carbocycles. The molecule has 0 N–H and O–H groups in total. The molecule has 1 aliphatic carbocycles. The van der Waals surface area contributed by atoms with Crippen molar-refractivity contribution in [2.24, 2.45) is 0 Å². The molecule has 0 aromatic carbocycles. The zero-order chi connectivity index (χ0) is 11.4. The van der Waals surface area contributed by atoms with Gasteiger partial charge in [-0.1, -0.05) is 13.0 Å². The molecular formula is C13H22O3. The molecule has 1 aliphatic heterocycles. The molecule has 2 rings (SSSR count). The summed E-state index contributed by atoms with van der Waals surface area (Å²) in [5.74, 6) is -0.479. The van der Waals surface area contributed by atoms with Gasteiger partial charge in [-0.25, -0.2) is 0 Å². The monoisotopic (exact) mass is 226 g/mol. The summed E-state index contributed by atoms with van der Waals surface area (Å²) in [6, 6.07) is 0. The van der Waals surface area contributed by atoms with E-state index in [2.05, 4.69) is 13.0 Å². The van der Waals surface area contributed by atoms with Gasteiger partial charge in [0.15, 0.2) is 5.79 Å². The molecule has 1 fully saturated rings. The first kappa shape index (κ1) is 12.1. The summed E-state index contributed by atoms with van der Waals surface area (Å²) in [4.78, 5) is 0. The molecular weight excluding hydrogens is 204 g/mol. The van der Waals surface area contributed by atoms with Crippen molar-refractivity contribution < 1.29 is 14.2 Å². The molecule has 3 nitrogen and oxygen atoms in total. The van der Waals surface area contributed by atoms with E-state index in [1.54, 1.807) is 7.11 Å². The fourth-order valence-electron chi connectivity index (χ4n) is 2.42. The van der Waals surface area contributed by atoms with E-state index in [0.29, 0.717) is 12.7 Å². The van der Waals surface area contributed by atoms with Crippen molar-refractivity contribution in [3.63, 3.8) is 0 Å². The maximum Gasteiger partial charge on any atom is 0.187 e. The lowest BCUT2D eigenvalue weighted by atomic mass is 10.1. The molecule has 0 aromatic heterocycles. The Hall–Kier alpha value is -0.380. The Morgan fingerprint density at radius 2 is 2.19 bits per heavy atom. The highest BCUT2D eigenvalue weighted by atomic mass is 16.7. The van der Waals surface area contributed by atoms with E-state index >= 15 is 0 Å². The van der Waals surface area contributed by atoms with Crippen molar-refractivity contribution in [2.45, 2.75) is 57.0 Å². The molecule has 3 unspecified atom stereocenters. The van der Waals surface area contributed by atoms with Crippen molar-refractivity contribution in [1.29, 1.82) is 0 Å². The predicted molar refractivity (Wildman–Crippen MR) is 62.3 cm³/mol. The van der Waals surface area contributed by atoms with Crippen molar-refractivity contribution in [2.75, 3.05) is 13.7 Å². The lowest BCUT2D eigenvalue weighted by molar-refractivity contribution is -0.202. The summed E-state index contributed by atoms with van der Waals surface area (Å²) in [5.41, 5.74) is 0. The van der Waals surface area contributed by atoms with Gasteiger partial charge in [0.2, 0.25) is 0 Å². The van der Waals surface area contributed by atoms with Gasteiger partial charge in [0, 0.05) is 13.5 Å². The van der Waals surface area contributed by atoms with Gasteiger partial charge in [0.25, 0.3) is 0 Å². The second-order valence-electron chi connectivity index (χ2n) is 4.63. The van der Waals surface area contributed by atoms with E-state index in [-0.39, 0.29) is 6.10 Å². The number of hydrogen-bond donors (Lipinski definition) is 0.